The average Bonchev–Trinajstić information content (AvgIpc) is 3.16. The first kappa shape index (κ1) is 38.2. The molecule has 0 amide bonds. The minimum Gasteiger partial charge on any atom is -0.478 e. The normalized spacial score (nSPS) is 15.2. The van der Waals surface area contributed by atoms with Crippen molar-refractivity contribution in [3.05, 3.63) is 160 Å². The van der Waals surface area contributed by atoms with Crippen LogP contribution in [0, 0.1) is 13.8 Å². The molecule has 0 bridgehead atoms. The second kappa shape index (κ2) is 16.6. The SMILES string of the molecule is CC(/C=C/C1=C(c2ccc(C(=O)O)cc2)C(=C/C=C(\C)N(CCCS(=O)(=O)O)c2ccc3ccccc3c2C)/CCC1)=Nc1ccc2ccccc2c1C. The number of carboxylic acid groups (broad SMARTS) is 1. The lowest BCUT2D eigenvalue weighted by Crippen LogP contribution is -2.25. The van der Waals surface area contributed by atoms with Crippen molar-refractivity contribution in [2.24, 2.45) is 4.99 Å². The lowest BCUT2D eigenvalue weighted by Gasteiger charge is -2.28. The van der Waals surface area contributed by atoms with Gasteiger partial charge in [-0.1, -0.05) is 84.9 Å². The van der Waals surface area contributed by atoms with Gasteiger partial charge in [-0.15, -0.1) is 0 Å². The number of hydrogen-bond donors (Lipinski definition) is 2. The molecule has 6 rings (SSSR count). The Morgan fingerprint density at radius 3 is 2.15 bits per heavy atom. The molecule has 1 aliphatic rings. The van der Waals surface area contributed by atoms with Gasteiger partial charge >= 0.3 is 5.97 Å². The van der Waals surface area contributed by atoms with E-state index in [-0.39, 0.29) is 17.7 Å². The number of nitrogens with zero attached hydrogens (tertiary/aromatic N) is 2. The molecule has 0 atom stereocenters. The maximum Gasteiger partial charge on any atom is 0.335 e. The topological polar surface area (TPSA) is 107 Å². The first-order valence-electron chi connectivity index (χ1n) is 18.3. The van der Waals surface area contributed by atoms with Crippen LogP contribution in [0.1, 0.15) is 66.6 Å². The van der Waals surface area contributed by atoms with Gasteiger partial charge in [0.1, 0.15) is 0 Å². The van der Waals surface area contributed by atoms with Gasteiger partial charge in [-0.05, 0) is 145 Å². The zero-order chi connectivity index (χ0) is 38.4. The Morgan fingerprint density at radius 1 is 0.833 bits per heavy atom. The monoisotopic (exact) mass is 738 g/mol. The Kier molecular flexibility index (Phi) is 11.7. The molecule has 0 aromatic heterocycles. The fourth-order valence-corrected chi connectivity index (χ4v) is 7.80. The van der Waals surface area contributed by atoms with Gasteiger partial charge in [0.2, 0.25) is 0 Å². The number of fused-ring (bicyclic) bond motifs is 2. The number of carbonyl (C=O) groups is 1. The minimum absolute atomic E-state index is 0.230. The molecule has 2 N–H and O–H groups in total. The van der Waals surface area contributed by atoms with Crippen LogP contribution in [-0.4, -0.2) is 42.1 Å². The van der Waals surface area contributed by atoms with Gasteiger partial charge in [0.25, 0.3) is 10.1 Å². The highest BCUT2D eigenvalue weighted by Crippen LogP contribution is 2.38. The van der Waals surface area contributed by atoms with Crippen molar-refractivity contribution in [1.82, 2.24) is 0 Å². The largest absolute Gasteiger partial charge is 0.478 e. The van der Waals surface area contributed by atoms with Crippen LogP contribution in [0.2, 0.25) is 0 Å². The number of benzene rings is 5. The van der Waals surface area contributed by atoms with Gasteiger partial charge < -0.3 is 10.0 Å². The summed E-state index contributed by atoms with van der Waals surface area (Å²) in [6.45, 7) is 8.59. The standard InChI is InChI=1S/C46H46N2O5S/c1-31(47-43-27-25-35-11-5-7-15-41(35)33(43)3)17-19-37-13-9-14-38(45(37)39-21-23-40(24-22-39)46(49)50)20-18-32(2)48(29-10-30-54(51,52)53)44-28-26-36-12-6-8-16-42(36)34(44)4/h5-8,11-12,15-28H,9-10,13-14,29-30H2,1-4H3,(H,49,50)(H,51,52,53)/b19-17+,32-18+,38-20+,47-31?. The Balaban J connectivity index is 1.40. The summed E-state index contributed by atoms with van der Waals surface area (Å²) in [6.07, 6.45) is 11.3. The summed E-state index contributed by atoms with van der Waals surface area (Å²) in [7, 11) is -4.11. The number of carboxylic acids is 1. The van der Waals surface area contributed by atoms with Gasteiger partial charge in [0.15, 0.2) is 0 Å². The van der Waals surface area contributed by atoms with Crippen molar-refractivity contribution in [3.63, 3.8) is 0 Å². The van der Waals surface area contributed by atoms with E-state index < -0.39 is 16.1 Å². The van der Waals surface area contributed by atoms with E-state index in [1.165, 1.54) is 10.8 Å². The van der Waals surface area contributed by atoms with Crippen LogP contribution in [0.4, 0.5) is 11.4 Å². The van der Waals surface area contributed by atoms with Gasteiger partial charge in [0, 0.05) is 23.6 Å². The van der Waals surface area contributed by atoms with Crippen LogP contribution in [0.5, 0.6) is 0 Å². The summed E-state index contributed by atoms with van der Waals surface area (Å²) in [5.74, 6) is -1.30. The predicted molar refractivity (Wildman–Crippen MR) is 224 cm³/mol. The first-order valence-corrected chi connectivity index (χ1v) is 19.9. The van der Waals surface area contributed by atoms with Crippen LogP contribution in [0.15, 0.2) is 143 Å². The molecule has 276 valence electrons. The minimum atomic E-state index is -4.11. The molecular weight excluding hydrogens is 693 g/mol. The summed E-state index contributed by atoms with van der Waals surface area (Å²) >= 11 is 0. The second-order valence-electron chi connectivity index (χ2n) is 13.9. The van der Waals surface area contributed by atoms with Crippen LogP contribution in [-0.2, 0) is 10.1 Å². The van der Waals surface area contributed by atoms with E-state index in [0.29, 0.717) is 6.54 Å². The van der Waals surface area contributed by atoms with Gasteiger partial charge in [-0.2, -0.15) is 8.42 Å². The van der Waals surface area contributed by atoms with E-state index in [9.17, 15) is 22.9 Å². The summed E-state index contributed by atoms with van der Waals surface area (Å²) in [4.78, 5) is 18.8. The molecule has 0 saturated heterocycles. The first-order chi connectivity index (χ1) is 25.9. The van der Waals surface area contributed by atoms with E-state index in [2.05, 4.69) is 91.6 Å². The average molecular weight is 739 g/mol. The fourth-order valence-electron chi connectivity index (χ4n) is 7.31. The van der Waals surface area contributed by atoms with Crippen molar-refractivity contribution in [3.8, 4) is 0 Å². The number of aryl methyl sites for hydroxylation is 2. The molecule has 7 nitrogen and oxygen atoms in total. The molecule has 0 heterocycles. The maximum absolute atomic E-state index is 11.7. The molecule has 0 radical (unpaired) electrons. The number of aliphatic imine (C=N–C) groups is 1. The third-order valence-electron chi connectivity index (χ3n) is 10.1. The molecule has 8 heteroatoms. The van der Waals surface area contributed by atoms with Crippen molar-refractivity contribution in [1.29, 1.82) is 0 Å². The molecule has 5 aromatic rings. The van der Waals surface area contributed by atoms with E-state index in [0.717, 1.165) is 86.2 Å². The van der Waals surface area contributed by atoms with E-state index >= 15 is 0 Å². The Morgan fingerprint density at radius 2 is 1.48 bits per heavy atom. The van der Waals surface area contributed by atoms with E-state index in [1.807, 2.05) is 50.2 Å². The van der Waals surface area contributed by atoms with Crippen LogP contribution in [0.3, 0.4) is 0 Å². The maximum atomic E-state index is 11.7. The number of anilines is 1. The summed E-state index contributed by atoms with van der Waals surface area (Å²) in [6, 6.07) is 31.9. The molecule has 5 aromatic carbocycles. The highest BCUT2D eigenvalue weighted by Gasteiger charge is 2.19. The number of hydrogen-bond acceptors (Lipinski definition) is 5. The highest BCUT2D eigenvalue weighted by molar-refractivity contribution is 7.85. The van der Waals surface area contributed by atoms with Crippen molar-refractivity contribution in [2.45, 2.75) is 53.4 Å². The molecule has 0 unspecified atom stereocenters. The molecule has 0 spiro atoms. The molecule has 54 heavy (non-hydrogen) atoms. The molecular formula is C46H46N2O5S. The summed E-state index contributed by atoms with van der Waals surface area (Å²) in [5, 5.41) is 14.2. The van der Waals surface area contributed by atoms with Crippen molar-refractivity contribution in [2.75, 3.05) is 17.2 Å². The smallest absolute Gasteiger partial charge is 0.335 e. The lowest BCUT2D eigenvalue weighted by molar-refractivity contribution is 0.0697. The molecule has 1 aliphatic carbocycles. The molecule has 0 fully saturated rings. The zero-order valence-electron chi connectivity index (χ0n) is 31.2. The number of aromatic carboxylic acids is 1. The number of allylic oxidation sites excluding steroid dienone is 8. The fraction of sp³-hybridized carbons (Fsp3) is 0.217. The zero-order valence-corrected chi connectivity index (χ0v) is 32.0. The lowest BCUT2D eigenvalue weighted by atomic mass is 9.82. The van der Waals surface area contributed by atoms with Gasteiger partial charge in [-0.3, -0.25) is 9.55 Å². The summed E-state index contributed by atoms with van der Waals surface area (Å²) < 4.78 is 32.8. The van der Waals surface area contributed by atoms with Crippen molar-refractivity contribution < 1.29 is 22.9 Å². The third-order valence-corrected chi connectivity index (χ3v) is 10.9. The van der Waals surface area contributed by atoms with Crippen molar-refractivity contribution >= 4 is 60.3 Å². The van der Waals surface area contributed by atoms with Gasteiger partial charge in [-0.25, -0.2) is 4.79 Å². The predicted octanol–water partition coefficient (Wildman–Crippen LogP) is 11.2. The molecule has 0 saturated carbocycles. The van der Waals surface area contributed by atoms with Crippen LogP contribution in [0.25, 0.3) is 27.1 Å². The van der Waals surface area contributed by atoms with Gasteiger partial charge in [0.05, 0.1) is 17.0 Å². The van der Waals surface area contributed by atoms with Crippen LogP contribution < -0.4 is 4.90 Å². The van der Waals surface area contributed by atoms with E-state index in [4.69, 9.17) is 4.99 Å². The van der Waals surface area contributed by atoms with Crippen LogP contribution >= 0.6 is 0 Å². The Labute approximate surface area is 318 Å². The second-order valence-corrected chi connectivity index (χ2v) is 15.4. The quantitative estimate of drug-likeness (QED) is 0.0975. The number of rotatable bonds is 12. The van der Waals surface area contributed by atoms with E-state index in [1.54, 1.807) is 12.1 Å². The summed E-state index contributed by atoms with van der Waals surface area (Å²) in [5.41, 5.74) is 10.4. The Hall–Kier alpha value is -5.57. The third kappa shape index (κ3) is 8.96. The Bertz CT molecular complexity index is 2490. The molecule has 0 aliphatic heterocycles. The highest BCUT2D eigenvalue weighted by atomic mass is 32.2.